The number of para-hydroxylation sites is 1. The van der Waals surface area contributed by atoms with Crippen LogP contribution in [-0.2, 0) is 0 Å². The largest absolute Gasteiger partial charge is 0.491 e. The summed E-state index contributed by atoms with van der Waals surface area (Å²) in [5, 5.41) is 0. The predicted molar refractivity (Wildman–Crippen MR) is 81.3 cm³/mol. The van der Waals surface area contributed by atoms with Gasteiger partial charge in [-0.15, -0.1) is 0 Å². The highest BCUT2D eigenvalue weighted by molar-refractivity contribution is 5.96. The number of benzene rings is 1. The molecule has 0 bridgehead atoms. The molecule has 0 amide bonds. The van der Waals surface area contributed by atoms with E-state index in [1.165, 1.54) is 19.5 Å². The van der Waals surface area contributed by atoms with E-state index in [-0.39, 0.29) is 5.78 Å². The Hall–Kier alpha value is -1.35. The van der Waals surface area contributed by atoms with Crippen molar-refractivity contribution in [3.05, 3.63) is 29.8 Å². The van der Waals surface area contributed by atoms with Gasteiger partial charge in [0.1, 0.15) is 12.4 Å². The van der Waals surface area contributed by atoms with Crippen molar-refractivity contribution in [2.24, 2.45) is 11.8 Å². The third-order valence-electron chi connectivity index (χ3n) is 4.18. The average molecular weight is 275 g/mol. The van der Waals surface area contributed by atoms with Gasteiger partial charge in [-0.2, -0.15) is 0 Å². The van der Waals surface area contributed by atoms with Crippen molar-refractivity contribution in [3.8, 4) is 5.75 Å². The van der Waals surface area contributed by atoms with Crippen molar-refractivity contribution in [2.75, 3.05) is 26.2 Å². The monoisotopic (exact) mass is 275 g/mol. The first kappa shape index (κ1) is 15.0. The van der Waals surface area contributed by atoms with Crippen LogP contribution < -0.4 is 4.74 Å². The molecule has 1 saturated heterocycles. The number of nitrogens with zero attached hydrogens (tertiary/aromatic N) is 1. The molecule has 1 aromatic rings. The Morgan fingerprint density at radius 2 is 2.15 bits per heavy atom. The first-order chi connectivity index (χ1) is 9.58. The third kappa shape index (κ3) is 3.83. The van der Waals surface area contributed by atoms with E-state index in [1.807, 2.05) is 24.3 Å². The van der Waals surface area contributed by atoms with Crippen LogP contribution in [0.4, 0.5) is 0 Å². The number of hydrogen-bond donors (Lipinski definition) is 0. The summed E-state index contributed by atoms with van der Waals surface area (Å²) in [4.78, 5) is 14.0. The molecule has 1 fully saturated rings. The summed E-state index contributed by atoms with van der Waals surface area (Å²) in [7, 11) is 0. The van der Waals surface area contributed by atoms with E-state index < -0.39 is 0 Å². The van der Waals surface area contributed by atoms with Crippen LogP contribution in [0.5, 0.6) is 5.75 Å². The fourth-order valence-corrected chi connectivity index (χ4v) is 2.78. The molecule has 1 aromatic carbocycles. The normalized spacial score (nSPS) is 19.5. The van der Waals surface area contributed by atoms with E-state index in [1.54, 1.807) is 6.92 Å². The summed E-state index contributed by atoms with van der Waals surface area (Å²) in [6, 6.07) is 7.48. The summed E-state index contributed by atoms with van der Waals surface area (Å²) in [6.07, 6.45) is 1.29. The van der Waals surface area contributed by atoms with Crippen LogP contribution in [0.3, 0.4) is 0 Å². The topological polar surface area (TPSA) is 29.5 Å². The van der Waals surface area contributed by atoms with Gasteiger partial charge in [0, 0.05) is 13.1 Å². The van der Waals surface area contributed by atoms with Gasteiger partial charge in [0.25, 0.3) is 0 Å². The zero-order valence-corrected chi connectivity index (χ0v) is 12.8. The highest BCUT2D eigenvalue weighted by atomic mass is 16.5. The lowest BCUT2D eigenvalue weighted by Gasteiger charge is -2.18. The van der Waals surface area contributed by atoms with E-state index in [2.05, 4.69) is 18.7 Å². The number of carbonyl (C=O) groups is 1. The second-order valence-electron chi connectivity index (χ2n) is 5.99. The van der Waals surface area contributed by atoms with Crippen molar-refractivity contribution in [2.45, 2.75) is 27.2 Å². The molecule has 1 aliphatic rings. The number of Topliss-reactive ketones (excluding diaryl/α,β-unsaturated/α-hetero) is 1. The van der Waals surface area contributed by atoms with Crippen LogP contribution in [-0.4, -0.2) is 36.9 Å². The maximum absolute atomic E-state index is 11.5. The number of ether oxygens (including phenoxy) is 1. The van der Waals surface area contributed by atoms with Crippen LogP contribution >= 0.6 is 0 Å². The van der Waals surface area contributed by atoms with Gasteiger partial charge in [0.2, 0.25) is 0 Å². The standard InChI is InChI=1S/C17H25NO2/c1-13(2)15-8-9-18(12-15)10-11-20-17-7-5-4-6-16(17)14(3)19/h4-7,13,15H,8-12H2,1-3H3. The van der Waals surface area contributed by atoms with Crippen LogP contribution in [0, 0.1) is 11.8 Å². The first-order valence-electron chi connectivity index (χ1n) is 7.53. The maximum atomic E-state index is 11.5. The highest BCUT2D eigenvalue weighted by Gasteiger charge is 2.24. The Morgan fingerprint density at radius 3 is 2.80 bits per heavy atom. The minimum atomic E-state index is 0.0571. The SMILES string of the molecule is CC(=O)c1ccccc1OCCN1CCC(C(C)C)C1. The van der Waals surface area contributed by atoms with Crippen LogP contribution in [0.1, 0.15) is 37.6 Å². The van der Waals surface area contributed by atoms with E-state index in [0.29, 0.717) is 17.9 Å². The van der Waals surface area contributed by atoms with E-state index in [0.717, 1.165) is 18.4 Å². The summed E-state index contributed by atoms with van der Waals surface area (Å²) >= 11 is 0. The van der Waals surface area contributed by atoms with Gasteiger partial charge in [0.05, 0.1) is 5.56 Å². The van der Waals surface area contributed by atoms with Crippen molar-refractivity contribution < 1.29 is 9.53 Å². The van der Waals surface area contributed by atoms with Crippen molar-refractivity contribution in [3.63, 3.8) is 0 Å². The Labute approximate surface area is 121 Å². The minimum absolute atomic E-state index is 0.0571. The van der Waals surface area contributed by atoms with Crippen molar-refractivity contribution in [1.29, 1.82) is 0 Å². The molecule has 1 heterocycles. The number of rotatable bonds is 6. The minimum Gasteiger partial charge on any atom is -0.491 e. The molecule has 110 valence electrons. The molecule has 1 unspecified atom stereocenters. The van der Waals surface area contributed by atoms with Gasteiger partial charge in [-0.1, -0.05) is 26.0 Å². The van der Waals surface area contributed by atoms with E-state index in [9.17, 15) is 4.79 Å². The summed E-state index contributed by atoms with van der Waals surface area (Å²) < 4.78 is 5.79. The van der Waals surface area contributed by atoms with Gasteiger partial charge in [0.15, 0.2) is 5.78 Å². The van der Waals surface area contributed by atoms with E-state index in [4.69, 9.17) is 4.74 Å². The zero-order chi connectivity index (χ0) is 14.5. The molecule has 2 rings (SSSR count). The number of likely N-dealkylation sites (tertiary alicyclic amines) is 1. The van der Waals surface area contributed by atoms with Gasteiger partial charge >= 0.3 is 0 Å². The number of hydrogen-bond acceptors (Lipinski definition) is 3. The van der Waals surface area contributed by atoms with E-state index >= 15 is 0 Å². The Morgan fingerprint density at radius 1 is 1.40 bits per heavy atom. The average Bonchev–Trinajstić information content (AvgIpc) is 2.88. The van der Waals surface area contributed by atoms with Gasteiger partial charge in [-0.05, 0) is 43.9 Å². The Kier molecular flexibility index (Phi) is 5.18. The molecular formula is C17H25NO2. The lowest BCUT2D eigenvalue weighted by atomic mass is 9.95. The Bertz CT molecular complexity index is 456. The second kappa shape index (κ2) is 6.89. The number of ketones is 1. The van der Waals surface area contributed by atoms with Crippen LogP contribution in [0.25, 0.3) is 0 Å². The molecule has 0 spiro atoms. The Balaban J connectivity index is 1.81. The molecule has 0 radical (unpaired) electrons. The lowest BCUT2D eigenvalue weighted by molar-refractivity contribution is 0.101. The smallest absolute Gasteiger partial charge is 0.163 e. The fourth-order valence-electron chi connectivity index (χ4n) is 2.78. The molecule has 0 aliphatic carbocycles. The molecule has 20 heavy (non-hydrogen) atoms. The predicted octanol–water partition coefficient (Wildman–Crippen LogP) is 3.25. The lowest BCUT2D eigenvalue weighted by Crippen LogP contribution is -2.27. The maximum Gasteiger partial charge on any atom is 0.163 e. The summed E-state index contributed by atoms with van der Waals surface area (Å²) in [5.74, 6) is 2.35. The quantitative estimate of drug-likeness (QED) is 0.746. The second-order valence-corrected chi connectivity index (χ2v) is 5.99. The molecule has 0 aromatic heterocycles. The third-order valence-corrected chi connectivity index (χ3v) is 4.18. The van der Waals surface area contributed by atoms with Crippen molar-refractivity contribution in [1.82, 2.24) is 4.90 Å². The fraction of sp³-hybridized carbons (Fsp3) is 0.588. The molecule has 3 heteroatoms. The van der Waals surface area contributed by atoms with Gasteiger partial charge in [-0.25, -0.2) is 0 Å². The van der Waals surface area contributed by atoms with Gasteiger partial charge < -0.3 is 4.74 Å². The molecule has 0 N–H and O–H groups in total. The molecule has 1 aliphatic heterocycles. The van der Waals surface area contributed by atoms with Crippen molar-refractivity contribution >= 4 is 5.78 Å². The zero-order valence-electron chi connectivity index (χ0n) is 12.8. The highest BCUT2D eigenvalue weighted by Crippen LogP contribution is 2.23. The molecule has 1 atom stereocenters. The van der Waals surface area contributed by atoms with Crippen LogP contribution in [0.2, 0.25) is 0 Å². The first-order valence-corrected chi connectivity index (χ1v) is 7.53. The summed E-state index contributed by atoms with van der Waals surface area (Å²) in [5.41, 5.74) is 0.675. The summed E-state index contributed by atoms with van der Waals surface area (Å²) in [6.45, 7) is 10.1. The van der Waals surface area contributed by atoms with Gasteiger partial charge in [-0.3, -0.25) is 9.69 Å². The molecule has 3 nitrogen and oxygen atoms in total. The molecular weight excluding hydrogens is 250 g/mol. The number of carbonyl (C=O) groups excluding carboxylic acids is 1. The molecule has 0 saturated carbocycles. The van der Waals surface area contributed by atoms with Crippen LogP contribution in [0.15, 0.2) is 24.3 Å².